The van der Waals surface area contributed by atoms with Crippen LogP contribution in [0.25, 0.3) is 0 Å². The molecule has 0 bridgehead atoms. The summed E-state index contributed by atoms with van der Waals surface area (Å²) in [7, 11) is 0. The number of benzene rings is 1. The maximum absolute atomic E-state index is 13.0. The largest absolute Gasteiger partial charge is 0.481 e. The molecular weight excluding hydrogens is 474 g/mol. The third-order valence-electron chi connectivity index (χ3n) is 5.01. The highest BCUT2D eigenvalue weighted by molar-refractivity contribution is 5.96. The molecule has 1 rings (SSSR count). The molecule has 0 spiro atoms. The molecular formula is C23H33N5O8. The number of hydrogen-bond donors (Lipinski definition) is 7. The van der Waals surface area contributed by atoms with Gasteiger partial charge in [0.25, 0.3) is 0 Å². The first-order valence-electron chi connectivity index (χ1n) is 11.2. The molecule has 4 unspecified atom stereocenters. The summed E-state index contributed by atoms with van der Waals surface area (Å²) in [4.78, 5) is 72.0. The van der Waals surface area contributed by atoms with E-state index in [1.807, 2.05) is 0 Å². The van der Waals surface area contributed by atoms with Crippen LogP contribution in [0.5, 0.6) is 0 Å². The Morgan fingerprint density at radius 1 is 0.806 bits per heavy atom. The van der Waals surface area contributed by atoms with Gasteiger partial charge in [-0.25, -0.2) is 4.79 Å². The average Bonchev–Trinajstić information content (AvgIpc) is 2.77. The molecule has 0 saturated carbocycles. The van der Waals surface area contributed by atoms with Crippen molar-refractivity contribution in [2.75, 3.05) is 0 Å². The topological polar surface area (TPSA) is 231 Å². The Morgan fingerprint density at radius 2 is 1.33 bits per heavy atom. The van der Waals surface area contributed by atoms with Crippen molar-refractivity contribution in [2.45, 2.75) is 63.7 Å². The van der Waals surface area contributed by atoms with Crippen LogP contribution >= 0.6 is 0 Å². The van der Waals surface area contributed by atoms with Gasteiger partial charge in [-0.3, -0.25) is 24.0 Å². The number of rotatable bonds is 15. The maximum atomic E-state index is 13.0. The van der Waals surface area contributed by atoms with E-state index in [2.05, 4.69) is 16.0 Å². The van der Waals surface area contributed by atoms with Gasteiger partial charge in [-0.05, 0) is 17.9 Å². The van der Waals surface area contributed by atoms with E-state index in [-0.39, 0.29) is 18.8 Å². The van der Waals surface area contributed by atoms with Gasteiger partial charge in [0, 0.05) is 6.42 Å². The molecule has 0 aliphatic heterocycles. The standard InChI is InChI=1S/C23H33N5O8/c1-12(2)8-15(21(33)28-17(23(35)36)9-13-6-4-3-5-7-13)27-22(34)16(11-18(25)29)26-20(32)14(24)10-19(30)31/h3-7,12,14-17H,8-11,24H2,1-2H3,(H2,25,29)(H,26,32)(H,27,34)(H,28,33)(H,30,31)(H,35,36). The maximum Gasteiger partial charge on any atom is 0.326 e. The van der Waals surface area contributed by atoms with Crippen LogP contribution < -0.4 is 27.4 Å². The monoisotopic (exact) mass is 507 g/mol. The van der Waals surface area contributed by atoms with E-state index in [0.29, 0.717) is 5.56 Å². The highest BCUT2D eigenvalue weighted by Crippen LogP contribution is 2.09. The molecule has 36 heavy (non-hydrogen) atoms. The lowest BCUT2D eigenvalue weighted by molar-refractivity contribution is -0.142. The van der Waals surface area contributed by atoms with Crippen LogP contribution in [0.2, 0.25) is 0 Å². The van der Waals surface area contributed by atoms with Crippen molar-refractivity contribution >= 4 is 35.6 Å². The quantitative estimate of drug-likeness (QED) is 0.146. The zero-order chi connectivity index (χ0) is 27.4. The number of carboxylic acids is 2. The molecule has 13 heteroatoms. The van der Waals surface area contributed by atoms with E-state index >= 15 is 0 Å². The molecule has 4 atom stereocenters. The Hall–Kier alpha value is -4.00. The number of hydrogen-bond acceptors (Lipinski definition) is 7. The molecule has 0 aromatic heterocycles. The molecule has 0 saturated heterocycles. The van der Waals surface area contributed by atoms with Gasteiger partial charge in [-0.15, -0.1) is 0 Å². The van der Waals surface area contributed by atoms with Crippen LogP contribution in [0, 0.1) is 5.92 Å². The number of carbonyl (C=O) groups is 6. The van der Waals surface area contributed by atoms with E-state index in [1.165, 1.54) is 0 Å². The van der Waals surface area contributed by atoms with Crippen LogP contribution in [0.3, 0.4) is 0 Å². The predicted octanol–water partition coefficient (Wildman–Crippen LogP) is -1.51. The average molecular weight is 508 g/mol. The predicted molar refractivity (Wildman–Crippen MR) is 127 cm³/mol. The van der Waals surface area contributed by atoms with Crippen molar-refractivity contribution in [3.8, 4) is 0 Å². The Labute approximate surface area is 208 Å². The van der Waals surface area contributed by atoms with E-state index in [4.69, 9.17) is 16.6 Å². The second kappa shape index (κ2) is 14.4. The minimum Gasteiger partial charge on any atom is -0.481 e. The highest BCUT2D eigenvalue weighted by Gasteiger charge is 2.31. The van der Waals surface area contributed by atoms with Gasteiger partial charge in [-0.1, -0.05) is 44.2 Å². The molecule has 0 aliphatic rings. The third kappa shape index (κ3) is 11.0. The Morgan fingerprint density at radius 3 is 1.83 bits per heavy atom. The smallest absolute Gasteiger partial charge is 0.326 e. The summed E-state index contributed by atoms with van der Waals surface area (Å²) in [5.41, 5.74) is 11.3. The lowest BCUT2D eigenvalue weighted by Crippen LogP contribution is -2.58. The molecule has 1 aromatic carbocycles. The van der Waals surface area contributed by atoms with Crippen LogP contribution in [-0.4, -0.2) is 69.9 Å². The van der Waals surface area contributed by atoms with Gasteiger partial charge >= 0.3 is 11.9 Å². The first-order chi connectivity index (χ1) is 16.8. The summed E-state index contributed by atoms with van der Waals surface area (Å²) in [5, 5.41) is 25.4. The number of carbonyl (C=O) groups excluding carboxylic acids is 4. The van der Waals surface area contributed by atoms with Crippen molar-refractivity contribution in [3.63, 3.8) is 0 Å². The van der Waals surface area contributed by atoms with Crippen molar-refractivity contribution < 1.29 is 39.0 Å². The Kier molecular flexibility index (Phi) is 12.0. The van der Waals surface area contributed by atoms with Crippen molar-refractivity contribution in [3.05, 3.63) is 35.9 Å². The summed E-state index contributed by atoms with van der Waals surface area (Å²) in [6.45, 7) is 3.55. The molecule has 1 aromatic rings. The van der Waals surface area contributed by atoms with Gasteiger partial charge < -0.3 is 37.6 Å². The van der Waals surface area contributed by atoms with Crippen LogP contribution in [0.4, 0.5) is 0 Å². The molecule has 198 valence electrons. The normalized spacial score (nSPS) is 14.1. The van der Waals surface area contributed by atoms with Gasteiger partial charge in [0.2, 0.25) is 23.6 Å². The lowest BCUT2D eigenvalue weighted by atomic mass is 10.0. The highest BCUT2D eigenvalue weighted by atomic mass is 16.4. The summed E-state index contributed by atoms with van der Waals surface area (Å²) in [6, 6.07) is 3.15. The molecule has 0 radical (unpaired) electrons. The number of nitrogens with one attached hydrogen (secondary N) is 3. The first kappa shape index (κ1) is 30.0. The zero-order valence-corrected chi connectivity index (χ0v) is 20.1. The second-order valence-electron chi connectivity index (χ2n) is 8.72. The summed E-state index contributed by atoms with van der Waals surface area (Å²) in [5.74, 6) is -6.38. The first-order valence-corrected chi connectivity index (χ1v) is 11.2. The van der Waals surface area contributed by atoms with Crippen molar-refractivity contribution in [1.82, 2.24) is 16.0 Å². The molecule has 0 aliphatic carbocycles. The van der Waals surface area contributed by atoms with E-state index in [1.54, 1.807) is 44.2 Å². The van der Waals surface area contributed by atoms with Gasteiger partial charge in [-0.2, -0.15) is 0 Å². The minimum atomic E-state index is -1.53. The third-order valence-corrected chi connectivity index (χ3v) is 5.01. The van der Waals surface area contributed by atoms with Gasteiger partial charge in [0.1, 0.15) is 18.1 Å². The Bertz CT molecular complexity index is 953. The molecule has 0 fully saturated rings. The summed E-state index contributed by atoms with van der Waals surface area (Å²) < 4.78 is 0. The summed E-state index contributed by atoms with van der Waals surface area (Å²) >= 11 is 0. The molecule has 0 heterocycles. The number of primary amides is 1. The number of carboxylic acid groups (broad SMARTS) is 2. The number of amides is 4. The second-order valence-corrected chi connectivity index (χ2v) is 8.72. The minimum absolute atomic E-state index is 0.00603. The molecule has 9 N–H and O–H groups in total. The fraction of sp³-hybridized carbons (Fsp3) is 0.478. The van der Waals surface area contributed by atoms with Gasteiger partial charge in [0.05, 0.1) is 18.9 Å². The summed E-state index contributed by atoms with van der Waals surface area (Å²) in [6.07, 6.45) is -1.23. The van der Waals surface area contributed by atoms with Crippen molar-refractivity contribution in [1.29, 1.82) is 0 Å². The van der Waals surface area contributed by atoms with Crippen LogP contribution in [0.1, 0.15) is 38.7 Å². The number of aliphatic carboxylic acids is 2. The van der Waals surface area contributed by atoms with E-state index < -0.39 is 72.6 Å². The fourth-order valence-electron chi connectivity index (χ4n) is 3.27. The SMILES string of the molecule is CC(C)CC(NC(=O)C(CC(N)=O)NC(=O)C(N)CC(=O)O)C(=O)NC(Cc1ccccc1)C(=O)O. The van der Waals surface area contributed by atoms with Crippen LogP contribution in [-0.2, 0) is 35.2 Å². The van der Waals surface area contributed by atoms with E-state index in [0.717, 1.165) is 0 Å². The molecule has 4 amide bonds. The zero-order valence-electron chi connectivity index (χ0n) is 20.1. The van der Waals surface area contributed by atoms with Gasteiger partial charge in [0.15, 0.2) is 0 Å². The lowest BCUT2D eigenvalue weighted by Gasteiger charge is -2.25. The Balaban J connectivity index is 3.01. The molecule has 13 nitrogen and oxygen atoms in total. The van der Waals surface area contributed by atoms with Crippen LogP contribution in [0.15, 0.2) is 30.3 Å². The number of nitrogens with two attached hydrogens (primary N) is 2. The van der Waals surface area contributed by atoms with E-state index in [9.17, 15) is 33.9 Å². The fourth-order valence-corrected chi connectivity index (χ4v) is 3.27. The van der Waals surface area contributed by atoms with Crippen molar-refractivity contribution in [2.24, 2.45) is 17.4 Å².